The predicted molar refractivity (Wildman–Crippen MR) is 61.3 cm³/mol. The van der Waals surface area contributed by atoms with Gasteiger partial charge >= 0.3 is 0 Å². The Morgan fingerprint density at radius 3 is 0.917 bits per heavy atom. The zero-order valence-corrected chi connectivity index (χ0v) is 10.2. The maximum absolute atomic E-state index is 5.45. The van der Waals surface area contributed by atoms with E-state index in [-0.39, 0.29) is 0 Å². The van der Waals surface area contributed by atoms with E-state index in [0.29, 0.717) is 11.8 Å². The van der Waals surface area contributed by atoms with Crippen LogP contribution in [0, 0.1) is 0 Å². The Morgan fingerprint density at radius 1 is 0.417 bits per heavy atom. The number of hydrogen-bond donors (Lipinski definition) is 0. The Labute approximate surface area is 95.5 Å². The maximum Gasteiger partial charge on any atom is 0.0359 e. The number of unbranched alkanes of at least 4 members (excludes halogenated alkanes) is 3. The molecule has 0 heterocycles. The van der Waals surface area contributed by atoms with Crippen LogP contribution in [0.2, 0.25) is 0 Å². The van der Waals surface area contributed by atoms with Crippen molar-refractivity contribution in [1.82, 2.24) is 0 Å². The molecular formula is C8H16Cl4. The molecule has 0 amide bonds. The molecule has 0 spiro atoms. The summed E-state index contributed by atoms with van der Waals surface area (Å²) >= 11 is 21.0. The highest BCUT2D eigenvalue weighted by molar-refractivity contribution is 6.25. The van der Waals surface area contributed by atoms with Gasteiger partial charge in [-0.2, -0.15) is 0 Å². The first-order valence-corrected chi connectivity index (χ1v) is 6.21. The van der Waals surface area contributed by atoms with Gasteiger partial charge in [-0.05, 0) is 12.8 Å². The van der Waals surface area contributed by atoms with Crippen molar-refractivity contribution >= 4 is 46.4 Å². The molecule has 0 aromatic heterocycles. The molecule has 0 aromatic carbocycles. The minimum atomic E-state index is 0.557. The summed E-state index contributed by atoms with van der Waals surface area (Å²) in [5.41, 5.74) is 0. The lowest BCUT2D eigenvalue weighted by Crippen LogP contribution is -1.78. The third kappa shape index (κ3) is 22.5. The molecule has 0 bridgehead atoms. The largest absolute Gasteiger partial charge is 0.127 e. The highest BCUT2D eigenvalue weighted by Crippen LogP contribution is 2.01. The summed E-state index contributed by atoms with van der Waals surface area (Å²) in [5, 5.41) is 0. The summed E-state index contributed by atoms with van der Waals surface area (Å²) in [6, 6.07) is 0. The van der Waals surface area contributed by atoms with E-state index in [1.165, 1.54) is 12.8 Å². The van der Waals surface area contributed by atoms with Crippen molar-refractivity contribution in [3.05, 3.63) is 0 Å². The van der Waals surface area contributed by atoms with E-state index >= 15 is 0 Å². The van der Waals surface area contributed by atoms with Gasteiger partial charge < -0.3 is 0 Å². The lowest BCUT2D eigenvalue weighted by atomic mass is 10.2. The molecule has 0 aromatic rings. The number of halogens is 4. The second kappa shape index (κ2) is 18.0. The smallest absolute Gasteiger partial charge is 0.0359 e. The van der Waals surface area contributed by atoms with Gasteiger partial charge in [-0.1, -0.05) is 12.8 Å². The topological polar surface area (TPSA) is 0 Å². The molecule has 0 rings (SSSR count). The van der Waals surface area contributed by atoms with Gasteiger partial charge in [0.15, 0.2) is 0 Å². The molecule has 0 unspecified atom stereocenters. The van der Waals surface area contributed by atoms with E-state index in [1.807, 2.05) is 0 Å². The Kier molecular flexibility index (Phi) is 23.5. The van der Waals surface area contributed by atoms with Gasteiger partial charge in [0.2, 0.25) is 0 Å². The van der Waals surface area contributed by atoms with Crippen molar-refractivity contribution in [2.24, 2.45) is 0 Å². The van der Waals surface area contributed by atoms with Gasteiger partial charge in [0, 0.05) is 23.5 Å². The Balaban J connectivity index is 0. The standard InChI is InChI=1S/C6H12Cl2.C2H4Cl2/c7-5-3-1-2-4-6-8;3-1-2-4/h1-6H2;1-2H2. The molecule has 0 saturated heterocycles. The van der Waals surface area contributed by atoms with Crippen LogP contribution >= 0.6 is 46.4 Å². The highest BCUT2D eigenvalue weighted by atomic mass is 35.5. The van der Waals surface area contributed by atoms with E-state index in [9.17, 15) is 0 Å². The van der Waals surface area contributed by atoms with Crippen LogP contribution < -0.4 is 0 Å². The van der Waals surface area contributed by atoms with Gasteiger partial charge in [-0.25, -0.2) is 0 Å². The SMILES string of the molecule is ClCCCCCCCl.ClCCCl. The molecule has 0 fully saturated rings. The molecular weight excluding hydrogens is 238 g/mol. The molecule has 4 heteroatoms. The van der Waals surface area contributed by atoms with Crippen LogP contribution in [0.4, 0.5) is 0 Å². The average molecular weight is 254 g/mol. The van der Waals surface area contributed by atoms with Crippen LogP contribution in [0.1, 0.15) is 25.7 Å². The van der Waals surface area contributed by atoms with Crippen LogP contribution in [0.5, 0.6) is 0 Å². The summed E-state index contributed by atoms with van der Waals surface area (Å²) in [6.45, 7) is 0. The van der Waals surface area contributed by atoms with Crippen molar-refractivity contribution in [2.75, 3.05) is 23.5 Å². The molecule has 76 valence electrons. The van der Waals surface area contributed by atoms with Crippen LogP contribution in [-0.2, 0) is 0 Å². The van der Waals surface area contributed by atoms with E-state index in [0.717, 1.165) is 24.6 Å². The van der Waals surface area contributed by atoms with Crippen molar-refractivity contribution in [2.45, 2.75) is 25.7 Å². The van der Waals surface area contributed by atoms with Crippen LogP contribution in [0.3, 0.4) is 0 Å². The third-order valence-corrected chi connectivity index (χ3v) is 2.19. The van der Waals surface area contributed by atoms with Crippen molar-refractivity contribution in [3.63, 3.8) is 0 Å². The molecule has 0 aliphatic carbocycles. The van der Waals surface area contributed by atoms with Crippen LogP contribution in [-0.4, -0.2) is 23.5 Å². The average Bonchev–Trinajstić information content (AvgIpc) is 2.13. The third-order valence-electron chi connectivity index (χ3n) is 1.09. The van der Waals surface area contributed by atoms with Crippen molar-refractivity contribution < 1.29 is 0 Å². The fourth-order valence-corrected chi connectivity index (χ4v) is 0.921. The Morgan fingerprint density at radius 2 is 0.750 bits per heavy atom. The zero-order valence-electron chi connectivity index (χ0n) is 7.17. The van der Waals surface area contributed by atoms with E-state index < -0.39 is 0 Å². The lowest BCUT2D eigenvalue weighted by Gasteiger charge is -1.92. The van der Waals surface area contributed by atoms with Crippen molar-refractivity contribution in [3.8, 4) is 0 Å². The lowest BCUT2D eigenvalue weighted by molar-refractivity contribution is 0.708. The van der Waals surface area contributed by atoms with Gasteiger partial charge in [0.05, 0.1) is 0 Å². The molecule has 0 radical (unpaired) electrons. The minimum absolute atomic E-state index is 0.557. The summed E-state index contributed by atoms with van der Waals surface area (Å²) in [7, 11) is 0. The second-order valence-electron chi connectivity index (χ2n) is 2.17. The van der Waals surface area contributed by atoms with E-state index in [1.54, 1.807) is 0 Å². The second-order valence-corrected chi connectivity index (χ2v) is 3.68. The Bertz CT molecular complexity index is 51.0. The highest BCUT2D eigenvalue weighted by Gasteiger charge is 1.85. The fourth-order valence-electron chi connectivity index (χ4n) is 0.543. The summed E-state index contributed by atoms with van der Waals surface area (Å²) in [4.78, 5) is 0. The monoisotopic (exact) mass is 252 g/mol. The summed E-state index contributed by atoms with van der Waals surface area (Å²) in [5.74, 6) is 2.70. The first-order valence-electron chi connectivity index (χ1n) is 4.07. The van der Waals surface area contributed by atoms with E-state index in [2.05, 4.69) is 0 Å². The molecule has 0 nitrogen and oxygen atoms in total. The summed E-state index contributed by atoms with van der Waals surface area (Å²) < 4.78 is 0. The molecule has 0 aliphatic rings. The quantitative estimate of drug-likeness (QED) is 0.484. The van der Waals surface area contributed by atoms with E-state index in [4.69, 9.17) is 46.4 Å². The number of hydrogen-bond acceptors (Lipinski definition) is 0. The molecule has 0 saturated carbocycles. The normalized spacial score (nSPS) is 9.00. The predicted octanol–water partition coefficient (Wildman–Crippen LogP) is 4.49. The van der Waals surface area contributed by atoms with Gasteiger partial charge in [0.25, 0.3) is 0 Å². The van der Waals surface area contributed by atoms with Gasteiger partial charge in [0.1, 0.15) is 0 Å². The van der Waals surface area contributed by atoms with Crippen molar-refractivity contribution in [1.29, 1.82) is 0 Å². The molecule has 0 aliphatic heterocycles. The number of rotatable bonds is 6. The zero-order chi connectivity index (χ0) is 9.66. The van der Waals surface area contributed by atoms with Gasteiger partial charge in [-0.3, -0.25) is 0 Å². The summed E-state index contributed by atoms with van der Waals surface area (Å²) in [6.07, 6.45) is 4.74. The first-order chi connectivity index (χ1) is 5.83. The fraction of sp³-hybridized carbons (Fsp3) is 1.00. The molecule has 0 N–H and O–H groups in total. The Hall–Kier alpha value is 1.16. The molecule has 12 heavy (non-hydrogen) atoms. The van der Waals surface area contributed by atoms with Crippen LogP contribution in [0.15, 0.2) is 0 Å². The van der Waals surface area contributed by atoms with Gasteiger partial charge in [-0.15, -0.1) is 46.4 Å². The molecule has 0 atom stereocenters. The van der Waals surface area contributed by atoms with Crippen LogP contribution in [0.25, 0.3) is 0 Å². The number of alkyl halides is 4. The minimum Gasteiger partial charge on any atom is -0.127 e. The first kappa shape index (κ1) is 15.6. The maximum atomic E-state index is 5.45.